The first-order valence-electron chi connectivity index (χ1n) is 5.42. The minimum Gasteiger partial charge on any atom is -0.494 e. The molecule has 0 radical (unpaired) electrons. The lowest BCUT2D eigenvalue weighted by Gasteiger charge is -2.03. The number of ether oxygens (including phenoxy) is 1. The van der Waals surface area contributed by atoms with Crippen LogP contribution < -0.4 is 4.74 Å². The highest BCUT2D eigenvalue weighted by molar-refractivity contribution is 5.80. The molecule has 1 N–H and O–H groups in total. The van der Waals surface area contributed by atoms with Crippen molar-refractivity contribution in [2.24, 2.45) is 0 Å². The van der Waals surface area contributed by atoms with Crippen LogP contribution >= 0.6 is 0 Å². The zero-order valence-electron chi connectivity index (χ0n) is 9.64. The number of nitrogens with one attached hydrogen (secondary N) is 1. The number of hydrogen-bond acceptors (Lipinski definition) is 3. The van der Waals surface area contributed by atoms with Crippen molar-refractivity contribution in [3.05, 3.63) is 42.5 Å². The fourth-order valence-electron chi connectivity index (χ4n) is 1.86. The van der Waals surface area contributed by atoms with Gasteiger partial charge >= 0.3 is 0 Å². The molecule has 0 unspecified atom stereocenters. The lowest BCUT2D eigenvalue weighted by Crippen LogP contribution is -1.90. The van der Waals surface area contributed by atoms with Crippen molar-refractivity contribution in [1.29, 1.82) is 0 Å². The van der Waals surface area contributed by atoms with Crippen molar-refractivity contribution in [2.45, 2.75) is 0 Å². The van der Waals surface area contributed by atoms with E-state index in [4.69, 9.17) is 4.74 Å². The molecule has 3 rings (SSSR count). The van der Waals surface area contributed by atoms with E-state index in [-0.39, 0.29) is 5.82 Å². The quantitative estimate of drug-likeness (QED) is 0.753. The highest BCUT2D eigenvalue weighted by Gasteiger charge is 2.12. The Morgan fingerprint density at radius 2 is 2.17 bits per heavy atom. The standard InChI is InChI=1S/C13H10FN3O/c1-18-11-7-15-6-5-8(11)13-16-10-4-2-3-9(14)12(10)17-13/h2-7H,1H3,(H,16,17). The number of halogens is 1. The van der Waals surface area contributed by atoms with Gasteiger partial charge in [0.2, 0.25) is 0 Å². The van der Waals surface area contributed by atoms with Crippen LogP contribution in [0.15, 0.2) is 36.7 Å². The number of para-hydroxylation sites is 1. The van der Waals surface area contributed by atoms with Crippen LogP contribution in [0.4, 0.5) is 4.39 Å². The van der Waals surface area contributed by atoms with Crippen molar-refractivity contribution in [3.8, 4) is 17.1 Å². The summed E-state index contributed by atoms with van der Waals surface area (Å²) in [5, 5.41) is 0. The van der Waals surface area contributed by atoms with Crippen molar-refractivity contribution in [2.75, 3.05) is 7.11 Å². The minimum atomic E-state index is -0.344. The smallest absolute Gasteiger partial charge is 0.151 e. The van der Waals surface area contributed by atoms with Gasteiger partial charge in [-0.15, -0.1) is 0 Å². The summed E-state index contributed by atoms with van der Waals surface area (Å²) in [6.45, 7) is 0. The van der Waals surface area contributed by atoms with E-state index in [0.717, 1.165) is 5.56 Å². The molecule has 0 saturated heterocycles. The number of nitrogens with zero attached hydrogens (tertiary/aromatic N) is 2. The molecular formula is C13H10FN3O. The zero-order chi connectivity index (χ0) is 12.5. The number of benzene rings is 1. The molecule has 2 heterocycles. The first-order chi connectivity index (χ1) is 8.79. The molecule has 18 heavy (non-hydrogen) atoms. The van der Waals surface area contributed by atoms with Crippen LogP contribution in [0.1, 0.15) is 0 Å². The Kier molecular flexibility index (Phi) is 2.44. The summed E-state index contributed by atoms with van der Waals surface area (Å²) in [6.07, 6.45) is 3.24. The second-order valence-electron chi connectivity index (χ2n) is 3.80. The summed E-state index contributed by atoms with van der Waals surface area (Å²) in [5.74, 6) is 0.814. The molecule has 0 bridgehead atoms. The molecule has 0 aliphatic rings. The third-order valence-corrected chi connectivity index (χ3v) is 2.72. The summed E-state index contributed by atoms with van der Waals surface area (Å²) in [5.41, 5.74) is 1.73. The molecule has 0 atom stereocenters. The van der Waals surface area contributed by atoms with E-state index in [1.165, 1.54) is 6.07 Å². The second-order valence-corrected chi connectivity index (χ2v) is 3.80. The highest BCUT2D eigenvalue weighted by atomic mass is 19.1. The second kappa shape index (κ2) is 4.10. The fourth-order valence-corrected chi connectivity index (χ4v) is 1.86. The zero-order valence-corrected chi connectivity index (χ0v) is 9.64. The number of rotatable bonds is 2. The molecule has 0 aliphatic carbocycles. The summed E-state index contributed by atoms with van der Waals surface area (Å²) < 4.78 is 18.8. The number of fused-ring (bicyclic) bond motifs is 1. The predicted molar refractivity (Wildman–Crippen MR) is 65.8 cm³/mol. The van der Waals surface area contributed by atoms with Crippen LogP contribution in [-0.2, 0) is 0 Å². The Hall–Kier alpha value is -2.43. The Morgan fingerprint density at radius 1 is 1.28 bits per heavy atom. The molecule has 90 valence electrons. The van der Waals surface area contributed by atoms with E-state index >= 15 is 0 Å². The fraction of sp³-hybridized carbons (Fsp3) is 0.0769. The normalized spacial score (nSPS) is 10.8. The van der Waals surface area contributed by atoms with Gasteiger partial charge in [0.05, 0.1) is 24.4 Å². The van der Waals surface area contributed by atoms with E-state index in [1.807, 2.05) is 0 Å². The van der Waals surface area contributed by atoms with Crippen LogP contribution in [0.3, 0.4) is 0 Å². The molecule has 1 aromatic carbocycles. The Bertz CT molecular complexity index is 708. The van der Waals surface area contributed by atoms with Crippen LogP contribution in [-0.4, -0.2) is 22.1 Å². The van der Waals surface area contributed by atoms with Gasteiger partial charge in [-0.2, -0.15) is 0 Å². The number of hydrogen-bond donors (Lipinski definition) is 1. The van der Waals surface area contributed by atoms with Gasteiger partial charge in [-0.1, -0.05) is 6.07 Å². The van der Waals surface area contributed by atoms with Gasteiger partial charge in [-0.3, -0.25) is 4.98 Å². The van der Waals surface area contributed by atoms with Crippen molar-refractivity contribution >= 4 is 11.0 Å². The van der Waals surface area contributed by atoms with Crippen LogP contribution in [0.25, 0.3) is 22.4 Å². The van der Waals surface area contributed by atoms with E-state index < -0.39 is 0 Å². The molecule has 5 heteroatoms. The largest absolute Gasteiger partial charge is 0.494 e. The monoisotopic (exact) mass is 243 g/mol. The lowest BCUT2D eigenvalue weighted by atomic mass is 10.2. The maximum Gasteiger partial charge on any atom is 0.151 e. The number of H-pyrrole nitrogens is 1. The van der Waals surface area contributed by atoms with Crippen LogP contribution in [0.5, 0.6) is 5.75 Å². The molecule has 0 amide bonds. The molecular weight excluding hydrogens is 233 g/mol. The van der Waals surface area contributed by atoms with Gasteiger partial charge in [0.1, 0.15) is 17.1 Å². The van der Waals surface area contributed by atoms with Gasteiger partial charge in [0.25, 0.3) is 0 Å². The summed E-state index contributed by atoms with van der Waals surface area (Å²) in [7, 11) is 1.56. The Balaban J connectivity index is 2.23. The average molecular weight is 243 g/mol. The minimum absolute atomic E-state index is 0.325. The van der Waals surface area contributed by atoms with Crippen LogP contribution in [0.2, 0.25) is 0 Å². The number of pyridine rings is 1. The van der Waals surface area contributed by atoms with Crippen molar-refractivity contribution in [3.63, 3.8) is 0 Å². The highest BCUT2D eigenvalue weighted by Crippen LogP contribution is 2.28. The molecule has 0 fully saturated rings. The molecule has 3 aromatic rings. The number of imidazole rings is 1. The van der Waals surface area contributed by atoms with Gasteiger partial charge in [0, 0.05) is 6.20 Å². The summed E-state index contributed by atoms with van der Waals surface area (Å²) in [6, 6.07) is 6.58. The maximum absolute atomic E-state index is 13.6. The maximum atomic E-state index is 13.6. The first kappa shape index (κ1) is 10.7. The number of aromatic nitrogens is 3. The molecule has 4 nitrogen and oxygen atoms in total. The van der Waals surface area contributed by atoms with Crippen molar-refractivity contribution < 1.29 is 9.13 Å². The third-order valence-electron chi connectivity index (χ3n) is 2.72. The topological polar surface area (TPSA) is 50.8 Å². The lowest BCUT2D eigenvalue weighted by molar-refractivity contribution is 0.414. The number of methoxy groups -OCH3 is 1. The molecule has 0 aliphatic heterocycles. The number of aromatic amines is 1. The van der Waals surface area contributed by atoms with E-state index in [2.05, 4.69) is 15.0 Å². The summed E-state index contributed by atoms with van der Waals surface area (Å²) in [4.78, 5) is 11.3. The summed E-state index contributed by atoms with van der Waals surface area (Å²) >= 11 is 0. The van der Waals surface area contributed by atoms with Gasteiger partial charge in [-0.25, -0.2) is 9.37 Å². The van der Waals surface area contributed by atoms with Gasteiger partial charge in [0.15, 0.2) is 5.82 Å². The van der Waals surface area contributed by atoms with E-state index in [9.17, 15) is 4.39 Å². The Morgan fingerprint density at radius 3 is 2.94 bits per heavy atom. The molecule has 0 saturated carbocycles. The molecule has 2 aromatic heterocycles. The third kappa shape index (κ3) is 1.60. The first-order valence-corrected chi connectivity index (χ1v) is 5.42. The van der Waals surface area contributed by atoms with Gasteiger partial charge < -0.3 is 9.72 Å². The molecule has 0 spiro atoms. The van der Waals surface area contributed by atoms with Gasteiger partial charge in [-0.05, 0) is 18.2 Å². The Labute approximate surface area is 102 Å². The van der Waals surface area contributed by atoms with Crippen LogP contribution in [0, 0.1) is 5.82 Å². The SMILES string of the molecule is COc1cnccc1-c1nc2c(F)cccc2[nH]1. The van der Waals surface area contributed by atoms with E-state index in [1.54, 1.807) is 37.7 Å². The van der Waals surface area contributed by atoms with E-state index in [0.29, 0.717) is 22.6 Å². The predicted octanol–water partition coefficient (Wildman–Crippen LogP) is 2.77. The average Bonchev–Trinajstić information content (AvgIpc) is 2.84. The van der Waals surface area contributed by atoms with Crippen molar-refractivity contribution in [1.82, 2.24) is 15.0 Å².